The molecule has 2 rings (SSSR count). The number of piperazine rings is 1. The van der Waals surface area contributed by atoms with E-state index in [4.69, 9.17) is 0 Å². The van der Waals surface area contributed by atoms with Crippen LogP contribution in [0.15, 0.2) is 0 Å². The van der Waals surface area contributed by atoms with Crippen LogP contribution in [0.4, 0.5) is 0 Å². The summed E-state index contributed by atoms with van der Waals surface area (Å²) in [6.07, 6.45) is 3.16. The molecule has 2 aliphatic heterocycles. The Kier molecular flexibility index (Phi) is 6.26. The van der Waals surface area contributed by atoms with Crippen molar-refractivity contribution in [3.05, 3.63) is 0 Å². The Hall–Kier alpha value is -0.650. The molecule has 1 amide bonds. The van der Waals surface area contributed by atoms with Crippen LogP contribution < -0.4 is 5.32 Å². The van der Waals surface area contributed by atoms with E-state index in [0.29, 0.717) is 18.4 Å². The zero-order valence-electron chi connectivity index (χ0n) is 13.1. The van der Waals surface area contributed by atoms with E-state index in [9.17, 15) is 4.79 Å². The lowest BCUT2D eigenvalue weighted by atomic mass is 10.0. The highest BCUT2D eigenvalue weighted by Gasteiger charge is 2.23. The van der Waals surface area contributed by atoms with E-state index in [-0.39, 0.29) is 0 Å². The minimum Gasteiger partial charge on any atom is -0.340 e. The Bertz CT molecular complexity index is 296. The molecule has 5 nitrogen and oxygen atoms in total. The van der Waals surface area contributed by atoms with Crippen molar-refractivity contribution >= 4 is 5.91 Å². The maximum atomic E-state index is 12.1. The van der Waals surface area contributed by atoms with Crippen LogP contribution in [0.3, 0.4) is 0 Å². The van der Waals surface area contributed by atoms with Crippen LogP contribution >= 0.6 is 0 Å². The number of carbonyl (C=O) groups is 1. The Morgan fingerprint density at radius 3 is 2.45 bits per heavy atom. The molecule has 0 atom stereocenters. The molecule has 2 fully saturated rings. The molecule has 0 aromatic carbocycles. The van der Waals surface area contributed by atoms with Crippen LogP contribution in [0.1, 0.15) is 26.2 Å². The first-order valence-electron chi connectivity index (χ1n) is 8.11. The number of rotatable bonds is 5. The van der Waals surface area contributed by atoms with Gasteiger partial charge in [-0.25, -0.2) is 0 Å². The molecule has 2 saturated heterocycles. The standard InChI is InChI=1S/C15H30N4O/c1-3-18-10-4-14(5-11-18)17(2)9-6-15(20)19-12-7-16-8-13-19/h14,16H,3-13H2,1-2H3. The molecule has 5 heteroatoms. The van der Waals surface area contributed by atoms with Crippen LogP contribution in [0.25, 0.3) is 0 Å². The minimum absolute atomic E-state index is 0.323. The molecular formula is C15H30N4O. The second-order valence-corrected chi connectivity index (χ2v) is 6.03. The number of carbonyl (C=O) groups excluding carboxylic acids is 1. The van der Waals surface area contributed by atoms with Crippen molar-refractivity contribution in [3.8, 4) is 0 Å². The highest BCUT2D eigenvalue weighted by atomic mass is 16.2. The average Bonchev–Trinajstić information content (AvgIpc) is 2.53. The predicted molar refractivity (Wildman–Crippen MR) is 81.8 cm³/mol. The van der Waals surface area contributed by atoms with Gasteiger partial charge in [0.1, 0.15) is 0 Å². The summed E-state index contributed by atoms with van der Waals surface area (Å²) in [6.45, 7) is 10.3. The summed E-state index contributed by atoms with van der Waals surface area (Å²) in [4.78, 5) is 19.1. The summed E-state index contributed by atoms with van der Waals surface area (Å²) in [5.74, 6) is 0.323. The fraction of sp³-hybridized carbons (Fsp3) is 0.933. The molecule has 0 saturated carbocycles. The third kappa shape index (κ3) is 4.43. The van der Waals surface area contributed by atoms with Gasteiger partial charge in [0.2, 0.25) is 5.91 Å². The number of nitrogens with zero attached hydrogens (tertiary/aromatic N) is 3. The van der Waals surface area contributed by atoms with E-state index >= 15 is 0 Å². The number of piperidine rings is 1. The second-order valence-electron chi connectivity index (χ2n) is 6.03. The molecule has 0 aromatic heterocycles. The summed E-state index contributed by atoms with van der Waals surface area (Å²) in [7, 11) is 2.18. The van der Waals surface area contributed by atoms with Gasteiger partial charge in [0.25, 0.3) is 0 Å². The summed E-state index contributed by atoms with van der Waals surface area (Å²) >= 11 is 0. The van der Waals surface area contributed by atoms with Gasteiger partial charge in [-0.05, 0) is 39.5 Å². The van der Waals surface area contributed by atoms with Crippen molar-refractivity contribution in [1.29, 1.82) is 0 Å². The number of likely N-dealkylation sites (tertiary alicyclic amines) is 1. The Morgan fingerprint density at radius 1 is 1.20 bits per heavy atom. The van der Waals surface area contributed by atoms with Gasteiger partial charge in [0.05, 0.1) is 0 Å². The lowest BCUT2D eigenvalue weighted by molar-refractivity contribution is -0.132. The van der Waals surface area contributed by atoms with Gasteiger partial charge < -0.3 is 20.0 Å². The molecule has 116 valence electrons. The summed E-state index contributed by atoms with van der Waals surface area (Å²) < 4.78 is 0. The highest BCUT2D eigenvalue weighted by molar-refractivity contribution is 5.76. The lowest BCUT2D eigenvalue weighted by Crippen LogP contribution is -2.48. The van der Waals surface area contributed by atoms with Gasteiger partial charge in [0.15, 0.2) is 0 Å². The fourth-order valence-corrected chi connectivity index (χ4v) is 3.20. The third-order valence-corrected chi connectivity index (χ3v) is 4.78. The predicted octanol–water partition coefficient (Wildman–Crippen LogP) is 0.224. The van der Waals surface area contributed by atoms with Crippen molar-refractivity contribution in [2.24, 2.45) is 0 Å². The van der Waals surface area contributed by atoms with Crippen LogP contribution in [0, 0.1) is 0 Å². The SMILES string of the molecule is CCN1CCC(N(C)CCC(=O)N2CCNCC2)CC1. The molecule has 20 heavy (non-hydrogen) atoms. The van der Waals surface area contributed by atoms with Gasteiger partial charge in [-0.2, -0.15) is 0 Å². The van der Waals surface area contributed by atoms with Crippen LogP contribution in [-0.4, -0.2) is 86.1 Å². The van der Waals surface area contributed by atoms with Crippen LogP contribution in [0.2, 0.25) is 0 Å². The zero-order valence-corrected chi connectivity index (χ0v) is 13.1. The maximum Gasteiger partial charge on any atom is 0.223 e. The lowest BCUT2D eigenvalue weighted by Gasteiger charge is -2.36. The third-order valence-electron chi connectivity index (χ3n) is 4.78. The van der Waals surface area contributed by atoms with Crippen LogP contribution in [0.5, 0.6) is 0 Å². The van der Waals surface area contributed by atoms with E-state index in [2.05, 4.69) is 29.1 Å². The molecule has 0 unspecified atom stereocenters. The molecule has 1 N–H and O–H groups in total. The highest BCUT2D eigenvalue weighted by Crippen LogP contribution is 2.15. The summed E-state index contributed by atoms with van der Waals surface area (Å²) in [6, 6.07) is 0.661. The van der Waals surface area contributed by atoms with Gasteiger partial charge in [-0.15, -0.1) is 0 Å². The number of hydrogen-bond donors (Lipinski definition) is 1. The minimum atomic E-state index is 0.323. The smallest absolute Gasteiger partial charge is 0.223 e. The van der Waals surface area contributed by atoms with Crippen molar-refractivity contribution in [2.45, 2.75) is 32.2 Å². The largest absolute Gasteiger partial charge is 0.340 e. The van der Waals surface area contributed by atoms with Crippen molar-refractivity contribution in [3.63, 3.8) is 0 Å². The zero-order chi connectivity index (χ0) is 14.4. The van der Waals surface area contributed by atoms with E-state index in [0.717, 1.165) is 39.3 Å². The molecule has 0 spiro atoms. The molecule has 2 aliphatic rings. The molecule has 0 aromatic rings. The summed E-state index contributed by atoms with van der Waals surface area (Å²) in [5.41, 5.74) is 0. The normalized spacial score (nSPS) is 22.4. The Morgan fingerprint density at radius 2 is 1.85 bits per heavy atom. The van der Waals surface area contributed by atoms with Crippen LogP contribution in [-0.2, 0) is 4.79 Å². The Labute approximate surface area is 123 Å². The quantitative estimate of drug-likeness (QED) is 0.783. The van der Waals surface area contributed by atoms with Gasteiger partial charge in [-0.1, -0.05) is 6.92 Å². The number of nitrogens with one attached hydrogen (secondary N) is 1. The summed E-state index contributed by atoms with van der Waals surface area (Å²) in [5, 5.41) is 3.29. The van der Waals surface area contributed by atoms with Crippen molar-refractivity contribution in [2.75, 3.05) is 59.4 Å². The number of hydrogen-bond acceptors (Lipinski definition) is 4. The monoisotopic (exact) mass is 282 g/mol. The molecular weight excluding hydrogens is 252 g/mol. The fourth-order valence-electron chi connectivity index (χ4n) is 3.20. The van der Waals surface area contributed by atoms with Crippen molar-refractivity contribution < 1.29 is 4.79 Å². The van der Waals surface area contributed by atoms with E-state index in [1.54, 1.807) is 0 Å². The topological polar surface area (TPSA) is 38.8 Å². The number of amides is 1. The van der Waals surface area contributed by atoms with Crippen molar-refractivity contribution in [1.82, 2.24) is 20.0 Å². The first-order chi connectivity index (χ1) is 9.70. The second kappa shape index (κ2) is 7.96. The van der Waals surface area contributed by atoms with Gasteiger partial charge in [0, 0.05) is 45.2 Å². The Balaban J connectivity index is 1.66. The van der Waals surface area contributed by atoms with Gasteiger partial charge in [-0.3, -0.25) is 4.79 Å². The average molecular weight is 282 g/mol. The van der Waals surface area contributed by atoms with Gasteiger partial charge >= 0.3 is 0 Å². The molecule has 0 radical (unpaired) electrons. The van der Waals surface area contributed by atoms with E-state index in [1.165, 1.54) is 25.9 Å². The van der Waals surface area contributed by atoms with E-state index < -0.39 is 0 Å². The molecule has 2 heterocycles. The first-order valence-corrected chi connectivity index (χ1v) is 8.11. The molecule has 0 aliphatic carbocycles. The van der Waals surface area contributed by atoms with E-state index in [1.807, 2.05) is 4.90 Å². The maximum absolute atomic E-state index is 12.1. The molecule has 0 bridgehead atoms. The first kappa shape index (κ1) is 15.7.